The molecule has 1 fully saturated rings. The Hall–Kier alpha value is -1.26. The van der Waals surface area contributed by atoms with Crippen LogP contribution in [0, 0.1) is 0 Å². The number of hydrogen-bond acceptors (Lipinski definition) is 3. The minimum absolute atomic E-state index is 0.413. The number of likely N-dealkylation sites (tertiary alicyclic amines) is 1. The van der Waals surface area contributed by atoms with Gasteiger partial charge >= 0.3 is 6.09 Å². The minimum Gasteiger partial charge on any atom is -0.448 e. The van der Waals surface area contributed by atoms with Crippen LogP contribution in [0.3, 0.4) is 0 Å². The summed E-state index contributed by atoms with van der Waals surface area (Å²) in [6.45, 7) is 3.43. The zero-order valence-corrected chi connectivity index (χ0v) is 10.9. The summed E-state index contributed by atoms with van der Waals surface area (Å²) < 4.78 is 5.11. The van der Waals surface area contributed by atoms with Crippen molar-refractivity contribution in [3.8, 4) is 0 Å². The summed E-state index contributed by atoms with van der Waals surface area (Å²) in [5, 5.41) is 3.13. The molecule has 18 heavy (non-hydrogen) atoms. The zero-order chi connectivity index (χ0) is 12.8. The summed E-state index contributed by atoms with van der Waals surface area (Å²) in [5.74, 6) is 0. The van der Waals surface area contributed by atoms with E-state index in [2.05, 4.69) is 10.2 Å². The molecule has 0 aromatic heterocycles. The van der Waals surface area contributed by atoms with Gasteiger partial charge in [0.25, 0.3) is 0 Å². The number of benzene rings is 1. The summed E-state index contributed by atoms with van der Waals surface area (Å²) in [4.78, 5) is 13.8. The summed E-state index contributed by atoms with van der Waals surface area (Å²) >= 11 is 5.93. The predicted molar refractivity (Wildman–Crippen MR) is 72.1 cm³/mol. The number of carbonyl (C=O) groups excluding carboxylic acids is 1. The molecule has 5 heteroatoms. The molecule has 1 aliphatic heterocycles. The minimum atomic E-state index is -0.456. The second-order valence-corrected chi connectivity index (χ2v) is 4.70. The fourth-order valence-corrected chi connectivity index (χ4v) is 2.17. The Kier molecular flexibility index (Phi) is 4.84. The van der Waals surface area contributed by atoms with Gasteiger partial charge < -0.3 is 4.74 Å². The first kappa shape index (κ1) is 13.2. The summed E-state index contributed by atoms with van der Waals surface area (Å²) in [5.41, 5.74) is 0.574. The molecular formula is C13H17ClN2O2. The van der Waals surface area contributed by atoms with Crippen molar-refractivity contribution in [2.24, 2.45) is 0 Å². The van der Waals surface area contributed by atoms with E-state index in [1.54, 1.807) is 12.1 Å². The topological polar surface area (TPSA) is 41.6 Å². The van der Waals surface area contributed by atoms with E-state index in [9.17, 15) is 4.79 Å². The van der Waals surface area contributed by atoms with Crippen molar-refractivity contribution < 1.29 is 9.53 Å². The Bertz CT molecular complexity index is 406. The van der Waals surface area contributed by atoms with Gasteiger partial charge in [0.05, 0.1) is 10.7 Å². The maximum absolute atomic E-state index is 11.5. The molecule has 1 aromatic carbocycles. The molecule has 4 nitrogen and oxygen atoms in total. The van der Waals surface area contributed by atoms with E-state index in [1.165, 1.54) is 12.8 Å². The molecule has 0 aliphatic carbocycles. The van der Waals surface area contributed by atoms with Crippen molar-refractivity contribution in [2.75, 3.05) is 31.6 Å². The second-order valence-electron chi connectivity index (χ2n) is 4.29. The molecule has 0 atom stereocenters. The van der Waals surface area contributed by atoms with Crippen LogP contribution in [0.25, 0.3) is 0 Å². The molecule has 0 unspecified atom stereocenters. The Labute approximate surface area is 112 Å². The molecule has 0 bridgehead atoms. The largest absolute Gasteiger partial charge is 0.448 e. The highest BCUT2D eigenvalue weighted by Crippen LogP contribution is 2.20. The van der Waals surface area contributed by atoms with Crippen LogP contribution in [0.4, 0.5) is 10.5 Å². The number of hydrogen-bond donors (Lipinski definition) is 1. The van der Waals surface area contributed by atoms with Crippen molar-refractivity contribution in [1.29, 1.82) is 0 Å². The fourth-order valence-electron chi connectivity index (χ4n) is 1.98. The molecule has 1 N–H and O–H groups in total. The van der Waals surface area contributed by atoms with E-state index in [4.69, 9.17) is 16.3 Å². The van der Waals surface area contributed by atoms with Gasteiger partial charge in [0, 0.05) is 6.54 Å². The molecule has 1 heterocycles. The van der Waals surface area contributed by atoms with Gasteiger partial charge in [0.1, 0.15) is 6.61 Å². The van der Waals surface area contributed by atoms with Gasteiger partial charge in [-0.2, -0.15) is 0 Å². The average molecular weight is 269 g/mol. The first-order valence-electron chi connectivity index (χ1n) is 6.16. The molecule has 2 rings (SSSR count). The van der Waals surface area contributed by atoms with Gasteiger partial charge in [-0.3, -0.25) is 10.2 Å². The zero-order valence-electron chi connectivity index (χ0n) is 10.2. The van der Waals surface area contributed by atoms with E-state index in [0.717, 1.165) is 19.6 Å². The summed E-state index contributed by atoms with van der Waals surface area (Å²) in [6.07, 6.45) is 2.03. The van der Waals surface area contributed by atoms with Crippen LogP contribution in [0.5, 0.6) is 0 Å². The molecule has 1 amide bonds. The van der Waals surface area contributed by atoms with Gasteiger partial charge in [0.2, 0.25) is 0 Å². The SMILES string of the molecule is O=C(Nc1ccccc1Cl)OCCN1CCCC1. The highest BCUT2D eigenvalue weighted by molar-refractivity contribution is 6.33. The lowest BCUT2D eigenvalue weighted by Crippen LogP contribution is -2.26. The van der Waals surface area contributed by atoms with E-state index in [-0.39, 0.29) is 0 Å². The maximum atomic E-state index is 11.5. The predicted octanol–water partition coefficient (Wildman–Crippen LogP) is 2.98. The number of para-hydroxylation sites is 1. The second kappa shape index (κ2) is 6.61. The number of carbonyl (C=O) groups is 1. The number of rotatable bonds is 4. The van der Waals surface area contributed by atoms with Crippen molar-refractivity contribution in [1.82, 2.24) is 4.90 Å². The van der Waals surface area contributed by atoms with Crippen LogP contribution in [-0.4, -0.2) is 37.2 Å². The first-order valence-corrected chi connectivity index (χ1v) is 6.54. The van der Waals surface area contributed by atoms with Crippen LogP contribution in [0.15, 0.2) is 24.3 Å². The van der Waals surface area contributed by atoms with Gasteiger partial charge in [-0.25, -0.2) is 4.79 Å². The van der Waals surface area contributed by atoms with Gasteiger partial charge in [0.15, 0.2) is 0 Å². The van der Waals surface area contributed by atoms with Crippen molar-refractivity contribution in [2.45, 2.75) is 12.8 Å². The van der Waals surface area contributed by atoms with Crippen molar-refractivity contribution >= 4 is 23.4 Å². The van der Waals surface area contributed by atoms with Crippen LogP contribution >= 0.6 is 11.6 Å². The quantitative estimate of drug-likeness (QED) is 0.913. The first-order chi connectivity index (χ1) is 8.75. The third-order valence-corrected chi connectivity index (χ3v) is 3.28. The molecule has 98 valence electrons. The molecule has 0 saturated carbocycles. The third kappa shape index (κ3) is 3.89. The molecule has 1 saturated heterocycles. The number of nitrogens with zero attached hydrogens (tertiary/aromatic N) is 1. The van der Waals surface area contributed by atoms with E-state index in [1.807, 2.05) is 12.1 Å². The lowest BCUT2D eigenvalue weighted by molar-refractivity contribution is 0.146. The van der Waals surface area contributed by atoms with Crippen molar-refractivity contribution in [3.63, 3.8) is 0 Å². The number of amides is 1. The van der Waals surface area contributed by atoms with E-state index >= 15 is 0 Å². The standard InChI is InChI=1S/C13H17ClN2O2/c14-11-5-1-2-6-12(11)15-13(17)18-10-9-16-7-3-4-8-16/h1-2,5-6H,3-4,7-10H2,(H,15,17). The Morgan fingerprint density at radius 3 is 2.78 bits per heavy atom. The monoisotopic (exact) mass is 268 g/mol. The Morgan fingerprint density at radius 1 is 1.33 bits per heavy atom. The summed E-state index contributed by atoms with van der Waals surface area (Å²) in [7, 11) is 0. The lowest BCUT2D eigenvalue weighted by Gasteiger charge is -2.14. The van der Waals surface area contributed by atoms with E-state index in [0.29, 0.717) is 17.3 Å². The Morgan fingerprint density at radius 2 is 2.06 bits per heavy atom. The number of halogens is 1. The molecular weight excluding hydrogens is 252 g/mol. The number of anilines is 1. The van der Waals surface area contributed by atoms with Crippen LogP contribution in [0.1, 0.15) is 12.8 Å². The van der Waals surface area contributed by atoms with Crippen LogP contribution < -0.4 is 5.32 Å². The number of nitrogens with one attached hydrogen (secondary N) is 1. The van der Waals surface area contributed by atoms with Crippen LogP contribution in [0.2, 0.25) is 5.02 Å². The van der Waals surface area contributed by atoms with Crippen molar-refractivity contribution in [3.05, 3.63) is 29.3 Å². The van der Waals surface area contributed by atoms with E-state index < -0.39 is 6.09 Å². The Balaban J connectivity index is 1.70. The van der Waals surface area contributed by atoms with Gasteiger partial charge in [-0.15, -0.1) is 0 Å². The van der Waals surface area contributed by atoms with Gasteiger partial charge in [-0.1, -0.05) is 23.7 Å². The molecule has 0 radical (unpaired) electrons. The highest BCUT2D eigenvalue weighted by atomic mass is 35.5. The average Bonchev–Trinajstić information content (AvgIpc) is 2.85. The lowest BCUT2D eigenvalue weighted by atomic mass is 10.3. The normalized spacial score (nSPS) is 15.6. The molecule has 1 aromatic rings. The summed E-state index contributed by atoms with van der Waals surface area (Å²) in [6, 6.07) is 7.09. The molecule has 0 spiro atoms. The smallest absolute Gasteiger partial charge is 0.411 e. The van der Waals surface area contributed by atoms with Gasteiger partial charge in [-0.05, 0) is 38.1 Å². The maximum Gasteiger partial charge on any atom is 0.411 e. The highest BCUT2D eigenvalue weighted by Gasteiger charge is 2.12. The third-order valence-electron chi connectivity index (χ3n) is 2.95. The number of ether oxygens (including phenoxy) is 1. The van der Waals surface area contributed by atoms with Crippen LogP contribution in [-0.2, 0) is 4.74 Å². The fraction of sp³-hybridized carbons (Fsp3) is 0.462. The molecule has 1 aliphatic rings.